The first-order chi connectivity index (χ1) is 14.1. The van der Waals surface area contributed by atoms with Crippen LogP contribution < -0.4 is 10.1 Å². The zero-order valence-corrected chi connectivity index (χ0v) is 18.3. The number of carbonyl (C=O) groups is 1. The average molecular weight is 435 g/mol. The Kier molecular flexibility index (Phi) is 8.37. The van der Waals surface area contributed by atoms with E-state index >= 15 is 0 Å². The highest BCUT2D eigenvalue weighted by Crippen LogP contribution is 2.27. The van der Waals surface area contributed by atoms with E-state index in [-0.39, 0.29) is 11.8 Å². The molecule has 0 saturated carbocycles. The number of Topliss-reactive ketones (excluding diaryl/α,β-unsaturated/α-hetero) is 1. The third-order valence-electron chi connectivity index (χ3n) is 5.16. The molecule has 0 aliphatic carbocycles. The summed E-state index contributed by atoms with van der Waals surface area (Å²) in [5, 5.41) is 4.28. The van der Waals surface area contributed by atoms with Crippen molar-refractivity contribution in [1.82, 2.24) is 10.2 Å². The molecule has 2 atom stereocenters. The van der Waals surface area contributed by atoms with Gasteiger partial charge in [0.15, 0.2) is 11.9 Å². The number of benzene rings is 2. The molecule has 156 valence electrons. The standard InChI is InChI=1S/C23H28Cl2N2O2/c1-2-3-9-22(29-18-10-11-19(24)20(25)14-18)23(28)21-16-27(13-12-26-21)15-17-7-5-4-6-8-17/h4-8,10-11,14,21-22,26H,2-3,9,12-13,15-16H2,1H3. The van der Waals surface area contributed by atoms with Crippen LogP contribution in [0.3, 0.4) is 0 Å². The minimum absolute atomic E-state index is 0.0993. The smallest absolute Gasteiger partial charge is 0.191 e. The minimum atomic E-state index is -0.499. The maximum Gasteiger partial charge on any atom is 0.191 e. The van der Waals surface area contributed by atoms with Gasteiger partial charge in [0, 0.05) is 32.2 Å². The number of piperazine rings is 1. The second kappa shape index (κ2) is 11.0. The van der Waals surface area contributed by atoms with E-state index in [2.05, 4.69) is 29.3 Å². The fourth-order valence-corrected chi connectivity index (χ4v) is 3.86. The molecular weight excluding hydrogens is 407 g/mol. The molecule has 3 rings (SSSR count). The number of nitrogens with one attached hydrogen (secondary N) is 1. The first kappa shape index (κ1) is 22.1. The van der Waals surface area contributed by atoms with Gasteiger partial charge in [-0.1, -0.05) is 66.9 Å². The molecule has 2 aromatic carbocycles. The molecular formula is C23H28Cl2N2O2. The SMILES string of the molecule is CCCCC(Oc1ccc(Cl)c(Cl)c1)C(=O)C1CN(Cc2ccccc2)CCN1. The van der Waals surface area contributed by atoms with Crippen LogP contribution in [0.25, 0.3) is 0 Å². The van der Waals surface area contributed by atoms with Crippen LogP contribution in [0.2, 0.25) is 10.0 Å². The molecule has 0 spiro atoms. The van der Waals surface area contributed by atoms with Crippen molar-refractivity contribution in [3.63, 3.8) is 0 Å². The quantitative estimate of drug-likeness (QED) is 0.604. The number of ketones is 1. The van der Waals surface area contributed by atoms with Crippen LogP contribution in [0.5, 0.6) is 5.75 Å². The topological polar surface area (TPSA) is 41.6 Å². The monoisotopic (exact) mass is 434 g/mol. The van der Waals surface area contributed by atoms with Crippen LogP contribution >= 0.6 is 23.2 Å². The molecule has 0 aromatic heterocycles. The maximum absolute atomic E-state index is 13.3. The van der Waals surface area contributed by atoms with Crippen molar-refractivity contribution in [2.75, 3.05) is 19.6 Å². The second-order valence-electron chi connectivity index (χ2n) is 7.45. The zero-order chi connectivity index (χ0) is 20.6. The molecule has 2 aromatic rings. The number of hydrogen-bond acceptors (Lipinski definition) is 4. The molecule has 29 heavy (non-hydrogen) atoms. The van der Waals surface area contributed by atoms with E-state index in [1.165, 1.54) is 5.56 Å². The molecule has 0 amide bonds. The summed E-state index contributed by atoms with van der Waals surface area (Å²) in [6.45, 7) is 5.35. The van der Waals surface area contributed by atoms with E-state index in [1.807, 2.05) is 18.2 Å². The van der Waals surface area contributed by atoms with Crippen LogP contribution in [0.15, 0.2) is 48.5 Å². The van der Waals surface area contributed by atoms with Crippen LogP contribution in [0.1, 0.15) is 31.7 Å². The van der Waals surface area contributed by atoms with Crippen molar-refractivity contribution in [1.29, 1.82) is 0 Å². The van der Waals surface area contributed by atoms with E-state index in [1.54, 1.807) is 18.2 Å². The Bertz CT molecular complexity index is 801. The molecule has 1 aliphatic rings. The van der Waals surface area contributed by atoms with Crippen molar-refractivity contribution in [2.45, 2.75) is 44.9 Å². The van der Waals surface area contributed by atoms with Gasteiger partial charge in [-0.3, -0.25) is 9.69 Å². The number of nitrogens with zero attached hydrogens (tertiary/aromatic N) is 1. The van der Waals surface area contributed by atoms with Gasteiger partial charge in [0.25, 0.3) is 0 Å². The summed E-state index contributed by atoms with van der Waals surface area (Å²) in [6.07, 6.45) is 2.12. The molecule has 0 radical (unpaired) electrons. The molecule has 1 aliphatic heterocycles. The molecule has 4 nitrogen and oxygen atoms in total. The third kappa shape index (κ3) is 6.45. The van der Waals surface area contributed by atoms with Gasteiger partial charge in [0.1, 0.15) is 5.75 Å². The molecule has 1 heterocycles. The van der Waals surface area contributed by atoms with Gasteiger partial charge < -0.3 is 10.1 Å². The van der Waals surface area contributed by atoms with Gasteiger partial charge in [-0.25, -0.2) is 0 Å². The number of carbonyl (C=O) groups excluding carboxylic acids is 1. The Balaban J connectivity index is 1.66. The summed E-state index contributed by atoms with van der Waals surface area (Å²) in [7, 11) is 0. The van der Waals surface area contributed by atoms with Crippen LogP contribution in [-0.4, -0.2) is 42.5 Å². The van der Waals surface area contributed by atoms with Gasteiger partial charge in [-0.05, 0) is 30.5 Å². The van der Waals surface area contributed by atoms with Crippen LogP contribution in [0.4, 0.5) is 0 Å². The van der Waals surface area contributed by atoms with E-state index in [0.717, 1.165) is 32.5 Å². The van der Waals surface area contributed by atoms with Crippen molar-refractivity contribution >= 4 is 29.0 Å². The fourth-order valence-electron chi connectivity index (χ4n) is 3.57. The highest BCUT2D eigenvalue weighted by atomic mass is 35.5. The van der Waals surface area contributed by atoms with Gasteiger partial charge in [0.2, 0.25) is 0 Å². The number of hydrogen-bond donors (Lipinski definition) is 1. The maximum atomic E-state index is 13.3. The number of rotatable bonds is 9. The molecule has 2 unspecified atom stereocenters. The van der Waals surface area contributed by atoms with Gasteiger partial charge in [0.05, 0.1) is 16.1 Å². The lowest BCUT2D eigenvalue weighted by Gasteiger charge is -2.34. The van der Waals surface area contributed by atoms with Gasteiger partial charge in [-0.2, -0.15) is 0 Å². The lowest BCUT2D eigenvalue weighted by molar-refractivity contribution is -0.129. The van der Waals surface area contributed by atoms with Crippen molar-refractivity contribution < 1.29 is 9.53 Å². The van der Waals surface area contributed by atoms with Crippen molar-refractivity contribution in [3.8, 4) is 5.75 Å². The average Bonchev–Trinajstić information content (AvgIpc) is 2.74. The summed E-state index contributed by atoms with van der Waals surface area (Å²) in [5.74, 6) is 0.674. The van der Waals surface area contributed by atoms with Crippen molar-refractivity contribution in [2.24, 2.45) is 0 Å². The Hall–Kier alpha value is -1.59. The summed E-state index contributed by atoms with van der Waals surface area (Å²) in [5.41, 5.74) is 1.26. The number of halogens is 2. The van der Waals surface area contributed by atoms with Crippen molar-refractivity contribution in [3.05, 3.63) is 64.1 Å². The largest absolute Gasteiger partial charge is 0.483 e. The van der Waals surface area contributed by atoms with E-state index in [9.17, 15) is 4.79 Å². The van der Waals surface area contributed by atoms with E-state index < -0.39 is 6.10 Å². The molecule has 1 N–H and O–H groups in total. The first-order valence-corrected chi connectivity index (χ1v) is 11.0. The highest BCUT2D eigenvalue weighted by molar-refractivity contribution is 6.42. The predicted octanol–water partition coefficient (Wildman–Crippen LogP) is 4.97. The summed E-state index contributed by atoms with van der Waals surface area (Å²) in [6, 6.07) is 15.2. The van der Waals surface area contributed by atoms with Gasteiger partial charge in [-0.15, -0.1) is 0 Å². The Morgan fingerprint density at radius 3 is 2.72 bits per heavy atom. The number of ether oxygens (including phenoxy) is 1. The second-order valence-corrected chi connectivity index (χ2v) is 8.27. The Labute approximate surface area is 183 Å². The Morgan fingerprint density at radius 1 is 1.21 bits per heavy atom. The fraction of sp³-hybridized carbons (Fsp3) is 0.435. The van der Waals surface area contributed by atoms with Gasteiger partial charge >= 0.3 is 0 Å². The molecule has 1 fully saturated rings. The van der Waals surface area contributed by atoms with E-state index in [0.29, 0.717) is 28.8 Å². The third-order valence-corrected chi connectivity index (χ3v) is 5.90. The lowest BCUT2D eigenvalue weighted by atomic mass is 10.00. The summed E-state index contributed by atoms with van der Waals surface area (Å²) < 4.78 is 6.07. The predicted molar refractivity (Wildman–Crippen MR) is 119 cm³/mol. The molecule has 6 heteroatoms. The first-order valence-electron chi connectivity index (χ1n) is 10.2. The molecule has 0 bridgehead atoms. The van der Waals surface area contributed by atoms with E-state index in [4.69, 9.17) is 27.9 Å². The highest BCUT2D eigenvalue weighted by Gasteiger charge is 2.31. The lowest BCUT2D eigenvalue weighted by Crippen LogP contribution is -2.56. The van der Waals surface area contributed by atoms with Crippen LogP contribution in [0, 0.1) is 0 Å². The normalized spacial score (nSPS) is 18.4. The summed E-state index contributed by atoms with van der Waals surface area (Å²) >= 11 is 12.1. The summed E-state index contributed by atoms with van der Waals surface area (Å²) in [4.78, 5) is 15.6. The molecule has 1 saturated heterocycles. The number of unbranched alkanes of at least 4 members (excludes halogenated alkanes) is 1. The Morgan fingerprint density at radius 2 is 2.00 bits per heavy atom. The van der Waals surface area contributed by atoms with Crippen LogP contribution in [-0.2, 0) is 11.3 Å². The zero-order valence-electron chi connectivity index (χ0n) is 16.7. The minimum Gasteiger partial charge on any atom is -0.483 e.